The first-order valence-corrected chi connectivity index (χ1v) is 8.64. The molecule has 1 unspecified atom stereocenters. The molecule has 0 bridgehead atoms. The highest BCUT2D eigenvalue weighted by atomic mass is 32.1. The van der Waals surface area contributed by atoms with Gasteiger partial charge in [0.1, 0.15) is 0 Å². The molecule has 1 aliphatic rings. The fraction of sp³-hybridized carbons (Fsp3) is 0.400. The van der Waals surface area contributed by atoms with Gasteiger partial charge in [0.2, 0.25) is 5.91 Å². The Balaban J connectivity index is 1.41. The Labute approximate surface area is 142 Å². The number of carbonyl (C=O) groups is 1. The molecule has 9 heteroatoms. The maximum absolute atomic E-state index is 12.4. The molecule has 1 amide bonds. The van der Waals surface area contributed by atoms with E-state index < -0.39 is 0 Å². The molecule has 0 spiro atoms. The molecule has 3 aromatic rings. The van der Waals surface area contributed by atoms with E-state index >= 15 is 0 Å². The van der Waals surface area contributed by atoms with Gasteiger partial charge < -0.3 is 9.42 Å². The summed E-state index contributed by atoms with van der Waals surface area (Å²) in [6.07, 6.45) is 3.12. The van der Waals surface area contributed by atoms with E-state index in [0.717, 1.165) is 18.5 Å². The first-order chi connectivity index (χ1) is 11.7. The zero-order chi connectivity index (χ0) is 16.5. The standard InChI is InChI=1S/C15H16N6O2S/c1-10-16-15(23-18-10)13-8-21(19-17-13)12-2-4-20(7-12)14(22)6-11-3-5-24-9-11/h3,5,8-9,12H,2,4,6-7H2,1H3. The van der Waals surface area contributed by atoms with E-state index in [0.29, 0.717) is 30.4 Å². The van der Waals surface area contributed by atoms with Crippen LogP contribution in [0.15, 0.2) is 27.5 Å². The van der Waals surface area contributed by atoms with E-state index in [1.807, 2.05) is 21.7 Å². The molecule has 1 atom stereocenters. The maximum atomic E-state index is 12.4. The fourth-order valence-electron chi connectivity index (χ4n) is 2.82. The number of aryl methyl sites for hydroxylation is 1. The van der Waals surface area contributed by atoms with E-state index in [1.165, 1.54) is 0 Å². The molecule has 0 aromatic carbocycles. The van der Waals surface area contributed by atoms with Crippen molar-refractivity contribution in [1.29, 1.82) is 0 Å². The number of aromatic nitrogens is 5. The minimum atomic E-state index is 0.127. The summed E-state index contributed by atoms with van der Waals surface area (Å²) < 4.78 is 6.89. The monoisotopic (exact) mass is 344 g/mol. The van der Waals surface area contributed by atoms with E-state index in [4.69, 9.17) is 4.52 Å². The second-order valence-corrected chi connectivity index (χ2v) is 6.60. The zero-order valence-corrected chi connectivity index (χ0v) is 13.9. The van der Waals surface area contributed by atoms with Gasteiger partial charge in [0, 0.05) is 13.1 Å². The van der Waals surface area contributed by atoms with Gasteiger partial charge in [0.05, 0.1) is 18.7 Å². The van der Waals surface area contributed by atoms with Crippen LogP contribution in [0.3, 0.4) is 0 Å². The third-order valence-corrected chi connectivity index (χ3v) is 4.81. The summed E-state index contributed by atoms with van der Waals surface area (Å²) in [5.41, 5.74) is 1.63. The maximum Gasteiger partial charge on any atom is 0.280 e. The molecular formula is C15H16N6O2S. The van der Waals surface area contributed by atoms with E-state index in [1.54, 1.807) is 29.1 Å². The molecule has 0 aliphatic carbocycles. The van der Waals surface area contributed by atoms with Crippen LogP contribution in [0.5, 0.6) is 0 Å². The highest BCUT2D eigenvalue weighted by Gasteiger charge is 2.28. The third kappa shape index (κ3) is 2.94. The van der Waals surface area contributed by atoms with Crippen molar-refractivity contribution in [3.8, 4) is 11.6 Å². The van der Waals surface area contributed by atoms with Gasteiger partial charge in [0.15, 0.2) is 11.5 Å². The van der Waals surface area contributed by atoms with Crippen LogP contribution in [0.25, 0.3) is 11.6 Å². The van der Waals surface area contributed by atoms with Crippen molar-refractivity contribution in [3.05, 3.63) is 34.4 Å². The van der Waals surface area contributed by atoms with Gasteiger partial charge in [-0.2, -0.15) is 16.3 Å². The van der Waals surface area contributed by atoms with Crippen molar-refractivity contribution in [2.45, 2.75) is 25.8 Å². The minimum absolute atomic E-state index is 0.127. The van der Waals surface area contributed by atoms with Gasteiger partial charge >= 0.3 is 0 Å². The molecule has 0 saturated carbocycles. The van der Waals surface area contributed by atoms with Crippen LogP contribution in [0.1, 0.15) is 23.9 Å². The number of rotatable bonds is 4. The predicted molar refractivity (Wildman–Crippen MR) is 86.3 cm³/mol. The van der Waals surface area contributed by atoms with Crippen LogP contribution in [0.4, 0.5) is 0 Å². The van der Waals surface area contributed by atoms with Gasteiger partial charge in [-0.3, -0.25) is 4.79 Å². The smallest absolute Gasteiger partial charge is 0.280 e. The second-order valence-electron chi connectivity index (χ2n) is 5.82. The molecule has 4 rings (SSSR count). The summed E-state index contributed by atoms with van der Waals surface area (Å²) in [5, 5.41) is 16.0. The SMILES string of the molecule is Cc1noc(-c2cn(C3CCN(C(=O)Cc4ccsc4)C3)nn2)n1. The van der Waals surface area contributed by atoms with Gasteiger partial charge in [-0.25, -0.2) is 4.68 Å². The number of hydrogen-bond donors (Lipinski definition) is 0. The van der Waals surface area contributed by atoms with Gasteiger partial charge in [0.25, 0.3) is 5.89 Å². The molecule has 1 fully saturated rings. The van der Waals surface area contributed by atoms with Crippen LogP contribution >= 0.6 is 11.3 Å². The van der Waals surface area contributed by atoms with E-state index in [9.17, 15) is 4.79 Å². The average molecular weight is 344 g/mol. The number of carbonyl (C=O) groups excluding carboxylic acids is 1. The molecule has 1 aliphatic heterocycles. The molecule has 1 saturated heterocycles. The number of thiophene rings is 1. The van der Waals surface area contributed by atoms with E-state index in [-0.39, 0.29) is 11.9 Å². The topological polar surface area (TPSA) is 89.9 Å². The van der Waals surface area contributed by atoms with Crippen LogP contribution in [-0.4, -0.2) is 49.0 Å². The molecule has 124 valence electrons. The van der Waals surface area contributed by atoms with Crippen LogP contribution in [0.2, 0.25) is 0 Å². The molecular weight excluding hydrogens is 328 g/mol. The number of amides is 1. The van der Waals surface area contributed by atoms with Crippen molar-refractivity contribution in [1.82, 2.24) is 30.0 Å². The quantitative estimate of drug-likeness (QED) is 0.716. The Bertz CT molecular complexity index is 840. The Hall–Kier alpha value is -2.55. The van der Waals surface area contributed by atoms with Crippen molar-refractivity contribution >= 4 is 17.2 Å². The normalized spacial score (nSPS) is 17.5. The molecule has 3 aromatic heterocycles. The Kier molecular flexibility index (Phi) is 3.85. The van der Waals surface area contributed by atoms with Gasteiger partial charge in [-0.1, -0.05) is 10.4 Å². The summed E-state index contributed by atoms with van der Waals surface area (Å²) in [6, 6.07) is 2.12. The highest BCUT2D eigenvalue weighted by molar-refractivity contribution is 7.07. The molecule has 0 N–H and O–H groups in total. The lowest BCUT2D eigenvalue weighted by Gasteiger charge is -2.16. The largest absolute Gasteiger partial charge is 0.340 e. The summed E-state index contributed by atoms with van der Waals surface area (Å²) in [6.45, 7) is 3.14. The Morgan fingerprint density at radius 1 is 1.50 bits per heavy atom. The molecule has 0 radical (unpaired) electrons. The number of hydrogen-bond acceptors (Lipinski definition) is 7. The molecule has 4 heterocycles. The summed E-state index contributed by atoms with van der Waals surface area (Å²) in [5.74, 6) is 1.08. The van der Waals surface area contributed by atoms with E-state index in [2.05, 4.69) is 20.5 Å². The lowest BCUT2D eigenvalue weighted by atomic mass is 10.2. The zero-order valence-electron chi connectivity index (χ0n) is 13.1. The van der Waals surface area contributed by atoms with Crippen molar-refractivity contribution in [2.24, 2.45) is 0 Å². The van der Waals surface area contributed by atoms with Crippen LogP contribution in [-0.2, 0) is 11.2 Å². The molecule has 24 heavy (non-hydrogen) atoms. The first-order valence-electron chi connectivity index (χ1n) is 7.70. The van der Waals surface area contributed by atoms with Gasteiger partial charge in [-0.05, 0) is 35.7 Å². The molecule has 8 nitrogen and oxygen atoms in total. The first kappa shape index (κ1) is 15.0. The van der Waals surface area contributed by atoms with Crippen LogP contribution < -0.4 is 0 Å². The second kappa shape index (κ2) is 6.16. The van der Waals surface area contributed by atoms with Crippen LogP contribution in [0, 0.1) is 6.92 Å². The third-order valence-electron chi connectivity index (χ3n) is 4.08. The number of likely N-dealkylation sites (tertiary alicyclic amines) is 1. The average Bonchev–Trinajstić information content (AvgIpc) is 3.34. The lowest BCUT2D eigenvalue weighted by molar-refractivity contribution is -0.129. The minimum Gasteiger partial charge on any atom is -0.340 e. The van der Waals surface area contributed by atoms with Gasteiger partial charge in [-0.15, -0.1) is 5.10 Å². The summed E-state index contributed by atoms with van der Waals surface area (Å²) >= 11 is 1.61. The Morgan fingerprint density at radius 3 is 3.17 bits per heavy atom. The lowest BCUT2D eigenvalue weighted by Crippen LogP contribution is -2.30. The summed E-state index contributed by atoms with van der Waals surface area (Å²) in [4.78, 5) is 18.4. The van der Waals surface area contributed by atoms with Crippen molar-refractivity contribution in [3.63, 3.8) is 0 Å². The highest BCUT2D eigenvalue weighted by Crippen LogP contribution is 2.23. The predicted octanol–water partition coefficient (Wildman–Crippen LogP) is 1.71. The summed E-state index contributed by atoms with van der Waals surface area (Å²) in [7, 11) is 0. The van der Waals surface area contributed by atoms with Crippen molar-refractivity contribution < 1.29 is 9.32 Å². The number of nitrogens with zero attached hydrogens (tertiary/aromatic N) is 6. The Morgan fingerprint density at radius 2 is 2.42 bits per heavy atom. The fourth-order valence-corrected chi connectivity index (χ4v) is 3.49. The van der Waals surface area contributed by atoms with Crippen molar-refractivity contribution in [2.75, 3.05) is 13.1 Å².